The predicted molar refractivity (Wildman–Crippen MR) is 72.3 cm³/mol. The first kappa shape index (κ1) is 13.6. The number of benzene rings is 2. The average molecular weight is 279 g/mol. The van der Waals surface area contributed by atoms with Gasteiger partial charge in [-0.15, -0.1) is 0 Å². The van der Waals surface area contributed by atoms with E-state index >= 15 is 0 Å². The summed E-state index contributed by atoms with van der Waals surface area (Å²) in [6.45, 7) is 1.63. The minimum Gasteiger partial charge on any atom is -0.482 e. The highest BCUT2D eigenvalue weighted by molar-refractivity contribution is 6.30. The van der Waals surface area contributed by atoms with E-state index in [1.807, 2.05) is 0 Å². The molecule has 2 aromatic carbocycles. The lowest BCUT2D eigenvalue weighted by atomic mass is 10.1. The molecule has 0 radical (unpaired) electrons. The van der Waals surface area contributed by atoms with Crippen molar-refractivity contribution in [3.05, 3.63) is 64.9 Å². The first-order valence-electron chi connectivity index (χ1n) is 5.78. The molecule has 4 heteroatoms. The van der Waals surface area contributed by atoms with Gasteiger partial charge in [-0.1, -0.05) is 17.7 Å². The summed E-state index contributed by atoms with van der Waals surface area (Å²) < 4.78 is 18.4. The van der Waals surface area contributed by atoms with Gasteiger partial charge in [0.15, 0.2) is 6.10 Å². The third kappa shape index (κ3) is 3.55. The normalized spacial score (nSPS) is 11.9. The number of halogens is 2. The molecule has 98 valence electrons. The van der Waals surface area contributed by atoms with Crippen LogP contribution in [0.1, 0.15) is 17.3 Å². The summed E-state index contributed by atoms with van der Waals surface area (Å²) in [5.74, 6) is -0.251. The van der Waals surface area contributed by atoms with Gasteiger partial charge >= 0.3 is 0 Å². The van der Waals surface area contributed by atoms with Crippen molar-refractivity contribution in [3.8, 4) is 5.75 Å². The van der Waals surface area contributed by atoms with Crippen LogP contribution in [0.15, 0.2) is 48.5 Å². The Labute approximate surface area is 115 Å². The van der Waals surface area contributed by atoms with Gasteiger partial charge in [0.1, 0.15) is 11.6 Å². The maximum atomic E-state index is 13.0. The smallest absolute Gasteiger partial charge is 0.202 e. The number of Topliss-reactive ketones (excluding diaryl/α,β-unsaturated/α-hetero) is 1. The van der Waals surface area contributed by atoms with Crippen LogP contribution in [0, 0.1) is 5.82 Å². The molecular formula is C15H12ClFO2. The molecule has 0 spiro atoms. The van der Waals surface area contributed by atoms with Gasteiger partial charge in [0.05, 0.1) is 0 Å². The molecule has 1 atom stereocenters. The van der Waals surface area contributed by atoms with Crippen molar-refractivity contribution in [1.82, 2.24) is 0 Å². The Kier molecular flexibility index (Phi) is 4.17. The van der Waals surface area contributed by atoms with Crippen LogP contribution >= 0.6 is 11.6 Å². The summed E-state index contributed by atoms with van der Waals surface area (Å²) in [4.78, 5) is 12.1. The van der Waals surface area contributed by atoms with E-state index < -0.39 is 11.9 Å². The van der Waals surface area contributed by atoms with Gasteiger partial charge in [-0.25, -0.2) is 4.39 Å². The maximum absolute atomic E-state index is 13.0. The largest absolute Gasteiger partial charge is 0.482 e. The van der Waals surface area contributed by atoms with Crippen LogP contribution in [0.2, 0.25) is 5.02 Å². The van der Waals surface area contributed by atoms with Gasteiger partial charge in [0, 0.05) is 16.7 Å². The van der Waals surface area contributed by atoms with E-state index in [0.29, 0.717) is 16.3 Å². The van der Waals surface area contributed by atoms with E-state index in [1.165, 1.54) is 18.2 Å². The molecule has 0 aliphatic carbocycles. The lowest BCUT2D eigenvalue weighted by Gasteiger charge is -2.13. The number of carbonyl (C=O) groups excluding carboxylic acids is 1. The summed E-state index contributed by atoms with van der Waals surface area (Å²) in [7, 11) is 0. The van der Waals surface area contributed by atoms with Crippen molar-refractivity contribution >= 4 is 17.4 Å². The van der Waals surface area contributed by atoms with Crippen molar-refractivity contribution in [2.24, 2.45) is 0 Å². The minimum absolute atomic E-state index is 0.180. The number of ether oxygens (including phenoxy) is 1. The molecule has 0 aliphatic rings. The third-order valence-electron chi connectivity index (χ3n) is 2.61. The molecule has 19 heavy (non-hydrogen) atoms. The molecule has 2 rings (SSSR count). The van der Waals surface area contributed by atoms with E-state index in [1.54, 1.807) is 37.3 Å². The molecule has 0 heterocycles. The fourth-order valence-corrected chi connectivity index (χ4v) is 1.77. The zero-order chi connectivity index (χ0) is 13.8. The predicted octanol–water partition coefficient (Wildman–Crippen LogP) is 4.13. The summed E-state index contributed by atoms with van der Waals surface area (Å²) in [6, 6.07) is 12.3. The second-order valence-corrected chi connectivity index (χ2v) is 4.53. The fraction of sp³-hybridized carbons (Fsp3) is 0.133. The zero-order valence-electron chi connectivity index (χ0n) is 10.3. The van der Waals surface area contributed by atoms with E-state index in [-0.39, 0.29) is 5.78 Å². The average Bonchev–Trinajstić information content (AvgIpc) is 2.39. The lowest BCUT2D eigenvalue weighted by Crippen LogP contribution is -2.23. The Bertz CT molecular complexity index is 581. The van der Waals surface area contributed by atoms with Crippen LogP contribution < -0.4 is 4.74 Å². The SMILES string of the molecule is C[C@@H](Oc1cccc(F)c1)C(=O)c1ccc(Cl)cc1. The van der Waals surface area contributed by atoms with Crippen LogP contribution in [0.4, 0.5) is 4.39 Å². The number of hydrogen-bond donors (Lipinski definition) is 0. The van der Waals surface area contributed by atoms with Crippen molar-refractivity contribution in [3.63, 3.8) is 0 Å². The Morgan fingerprint density at radius 1 is 1.21 bits per heavy atom. The summed E-state index contributed by atoms with van der Waals surface area (Å²) in [5.41, 5.74) is 0.508. The van der Waals surface area contributed by atoms with Crippen LogP contribution in [-0.4, -0.2) is 11.9 Å². The first-order valence-corrected chi connectivity index (χ1v) is 6.16. The van der Waals surface area contributed by atoms with Gasteiger partial charge in [0.25, 0.3) is 0 Å². The number of rotatable bonds is 4. The van der Waals surface area contributed by atoms with Gasteiger partial charge in [0.2, 0.25) is 5.78 Å². The fourth-order valence-electron chi connectivity index (χ4n) is 1.65. The molecule has 0 aromatic heterocycles. The minimum atomic E-state index is -0.692. The van der Waals surface area contributed by atoms with Crippen molar-refractivity contribution in [2.75, 3.05) is 0 Å². The van der Waals surface area contributed by atoms with Crippen molar-refractivity contribution in [2.45, 2.75) is 13.0 Å². The first-order chi connectivity index (χ1) is 9.06. The molecule has 0 unspecified atom stereocenters. The zero-order valence-corrected chi connectivity index (χ0v) is 11.0. The van der Waals surface area contributed by atoms with Gasteiger partial charge in [-0.05, 0) is 43.3 Å². The highest BCUT2D eigenvalue weighted by Crippen LogP contribution is 2.17. The summed E-state index contributed by atoms with van der Waals surface area (Å²) in [6.07, 6.45) is -0.692. The molecule has 2 aromatic rings. The number of hydrogen-bond acceptors (Lipinski definition) is 2. The molecule has 2 nitrogen and oxygen atoms in total. The molecule has 0 aliphatic heterocycles. The Balaban J connectivity index is 2.09. The second-order valence-electron chi connectivity index (χ2n) is 4.09. The molecule has 0 saturated carbocycles. The quantitative estimate of drug-likeness (QED) is 0.786. The van der Waals surface area contributed by atoms with Gasteiger partial charge in [-0.3, -0.25) is 4.79 Å². The lowest BCUT2D eigenvalue weighted by molar-refractivity contribution is 0.0817. The molecule has 0 amide bonds. The third-order valence-corrected chi connectivity index (χ3v) is 2.86. The summed E-state index contributed by atoms with van der Waals surface area (Å²) >= 11 is 5.76. The standard InChI is InChI=1S/C15H12ClFO2/c1-10(19-14-4-2-3-13(17)9-14)15(18)11-5-7-12(16)8-6-11/h2-10H,1H3/t10-/m1/s1. The Hall–Kier alpha value is -1.87. The van der Waals surface area contributed by atoms with E-state index in [4.69, 9.17) is 16.3 Å². The van der Waals surface area contributed by atoms with Gasteiger partial charge in [-0.2, -0.15) is 0 Å². The highest BCUT2D eigenvalue weighted by atomic mass is 35.5. The van der Waals surface area contributed by atoms with Crippen molar-refractivity contribution in [1.29, 1.82) is 0 Å². The Morgan fingerprint density at radius 3 is 2.53 bits per heavy atom. The van der Waals surface area contributed by atoms with Crippen LogP contribution in [-0.2, 0) is 0 Å². The molecule has 0 fully saturated rings. The monoisotopic (exact) mass is 278 g/mol. The van der Waals surface area contributed by atoms with E-state index in [2.05, 4.69) is 0 Å². The number of ketones is 1. The van der Waals surface area contributed by atoms with E-state index in [9.17, 15) is 9.18 Å². The summed E-state index contributed by atoms with van der Waals surface area (Å²) in [5, 5.41) is 0.565. The second kappa shape index (κ2) is 5.85. The maximum Gasteiger partial charge on any atom is 0.202 e. The van der Waals surface area contributed by atoms with Crippen LogP contribution in [0.3, 0.4) is 0 Å². The van der Waals surface area contributed by atoms with Gasteiger partial charge < -0.3 is 4.74 Å². The van der Waals surface area contributed by atoms with Crippen LogP contribution in [0.5, 0.6) is 5.75 Å². The molecule has 0 bridgehead atoms. The van der Waals surface area contributed by atoms with Crippen molar-refractivity contribution < 1.29 is 13.9 Å². The van der Waals surface area contributed by atoms with Crippen LogP contribution in [0.25, 0.3) is 0 Å². The molecule has 0 N–H and O–H groups in total. The highest BCUT2D eigenvalue weighted by Gasteiger charge is 2.16. The Morgan fingerprint density at radius 2 is 1.89 bits per heavy atom. The van der Waals surface area contributed by atoms with E-state index in [0.717, 1.165) is 0 Å². The molecule has 0 saturated heterocycles. The molecular weight excluding hydrogens is 267 g/mol. The number of carbonyl (C=O) groups is 1. The topological polar surface area (TPSA) is 26.3 Å².